The number of aliphatic hydroxyl groups is 1. The van der Waals surface area contributed by atoms with Gasteiger partial charge in [0, 0.05) is 6.42 Å². The quantitative estimate of drug-likeness (QED) is 0.410. The Morgan fingerprint density at radius 3 is 2.92 bits per heavy atom. The first kappa shape index (κ1) is 16.4. The lowest BCUT2D eigenvalue weighted by Gasteiger charge is -2.28. The first-order chi connectivity index (χ1) is 12.1. The van der Waals surface area contributed by atoms with Crippen molar-refractivity contribution in [2.75, 3.05) is 5.73 Å². The van der Waals surface area contributed by atoms with Crippen LogP contribution in [-0.4, -0.2) is 51.7 Å². The molecule has 1 saturated heterocycles. The van der Waals surface area contributed by atoms with Crippen molar-refractivity contribution in [3.8, 4) is 0 Å². The van der Waals surface area contributed by atoms with Gasteiger partial charge in [-0.05, 0) is 18.8 Å². The Kier molecular flexibility index (Phi) is 2.97. The number of nitrogens with zero attached hydrogens (tertiary/aromatic N) is 3. The van der Waals surface area contributed by atoms with Crippen molar-refractivity contribution in [1.29, 1.82) is 0 Å². The van der Waals surface area contributed by atoms with E-state index in [1.807, 2.05) is 0 Å². The maximum Gasteiger partial charge on any atom is 0.470 e. The molecule has 2 aromatic rings. The Hall–Kier alpha value is -1.82. The highest BCUT2D eigenvalue weighted by Crippen LogP contribution is 2.70. The molecule has 12 nitrogen and oxygen atoms in total. The smallest absolute Gasteiger partial charge is 0.387 e. The lowest BCUT2D eigenvalue weighted by Crippen LogP contribution is -2.43. The van der Waals surface area contributed by atoms with Gasteiger partial charge in [0.2, 0.25) is 5.95 Å². The molecule has 3 heterocycles. The molecule has 0 radical (unpaired) electrons. The fraction of sp³-hybridized carbons (Fsp3) is 0.615. The summed E-state index contributed by atoms with van der Waals surface area (Å²) in [4.78, 5) is 40.7. The van der Waals surface area contributed by atoms with Gasteiger partial charge in [0.05, 0.1) is 11.9 Å². The summed E-state index contributed by atoms with van der Waals surface area (Å²) < 4.78 is 23.7. The number of ether oxygens (including phenoxy) is 1. The standard InChI is InChI=1S/C13H16N5O7P/c14-11-16-8-7(9(19)17-11)15-4-18(8)6-3-12(20)1-5-2-13(5,10(12)24-6)25-26(21,22)23/h4-6,10,20H,1-3H2,(H2,21,22,23)(H3,14,16,17,19)/t5-,6-,10+,12+,13-/m1/s1. The molecule has 0 unspecified atom stereocenters. The third kappa shape index (κ3) is 2.14. The number of H-pyrrole nitrogens is 1. The van der Waals surface area contributed by atoms with Crippen molar-refractivity contribution in [2.45, 2.75) is 42.8 Å². The van der Waals surface area contributed by atoms with Gasteiger partial charge in [-0.2, -0.15) is 4.98 Å². The fourth-order valence-electron chi connectivity index (χ4n) is 4.52. The molecule has 3 fully saturated rings. The highest BCUT2D eigenvalue weighted by Gasteiger charge is 2.78. The van der Waals surface area contributed by atoms with E-state index in [0.717, 1.165) is 0 Å². The Morgan fingerprint density at radius 1 is 1.42 bits per heavy atom. The van der Waals surface area contributed by atoms with Crippen molar-refractivity contribution in [3.63, 3.8) is 0 Å². The number of nitrogens with one attached hydrogen (secondary N) is 1. The van der Waals surface area contributed by atoms with Gasteiger partial charge in [-0.25, -0.2) is 9.55 Å². The average molecular weight is 385 g/mol. The fourth-order valence-corrected chi connectivity index (χ4v) is 5.28. The summed E-state index contributed by atoms with van der Waals surface area (Å²) in [5.41, 5.74) is 2.90. The van der Waals surface area contributed by atoms with Crippen LogP contribution < -0.4 is 11.3 Å². The van der Waals surface area contributed by atoms with E-state index in [1.54, 1.807) is 0 Å². The van der Waals surface area contributed by atoms with Gasteiger partial charge < -0.3 is 25.4 Å². The number of aromatic nitrogens is 4. The van der Waals surface area contributed by atoms with Gasteiger partial charge in [0.15, 0.2) is 11.2 Å². The monoisotopic (exact) mass is 385 g/mol. The zero-order valence-corrected chi connectivity index (χ0v) is 14.2. The van der Waals surface area contributed by atoms with E-state index in [9.17, 15) is 24.3 Å². The van der Waals surface area contributed by atoms with E-state index >= 15 is 0 Å². The summed E-state index contributed by atoms with van der Waals surface area (Å²) >= 11 is 0. The van der Waals surface area contributed by atoms with Crippen LogP contribution in [-0.2, 0) is 13.8 Å². The van der Waals surface area contributed by atoms with E-state index in [0.29, 0.717) is 12.8 Å². The normalized spacial score (nSPS) is 38.5. The zero-order chi connectivity index (χ0) is 18.5. The number of phosphoric ester groups is 1. The first-order valence-corrected chi connectivity index (χ1v) is 9.51. The van der Waals surface area contributed by atoms with E-state index in [4.69, 9.17) is 15.0 Å². The molecule has 0 bridgehead atoms. The van der Waals surface area contributed by atoms with Crippen LogP contribution in [0.2, 0.25) is 0 Å². The second-order valence-electron chi connectivity index (χ2n) is 7.20. The average Bonchev–Trinajstić information content (AvgIpc) is 2.82. The number of aromatic amines is 1. The number of hydrogen-bond donors (Lipinski definition) is 5. The minimum absolute atomic E-state index is 0.0790. The van der Waals surface area contributed by atoms with Gasteiger partial charge in [-0.15, -0.1) is 0 Å². The molecule has 2 aromatic heterocycles. The van der Waals surface area contributed by atoms with Crippen LogP contribution in [0.5, 0.6) is 0 Å². The van der Waals surface area contributed by atoms with Crippen molar-refractivity contribution in [2.24, 2.45) is 5.92 Å². The molecule has 6 N–H and O–H groups in total. The first-order valence-electron chi connectivity index (χ1n) is 7.98. The predicted molar refractivity (Wildman–Crippen MR) is 84.6 cm³/mol. The molecular formula is C13H16N5O7P. The van der Waals surface area contributed by atoms with Crippen LogP contribution in [0.15, 0.2) is 11.1 Å². The third-order valence-electron chi connectivity index (χ3n) is 5.50. The Bertz CT molecular complexity index is 1030. The van der Waals surface area contributed by atoms with Crippen molar-refractivity contribution in [1.82, 2.24) is 19.5 Å². The van der Waals surface area contributed by atoms with E-state index in [-0.39, 0.29) is 29.5 Å². The summed E-state index contributed by atoms with van der Waals surface area (Å²) in [6, 6.07) is 0. The van der Waals surface area contributed by atoms with Gasteiger partial charge in [0.1, 0.15) is 17.9 Å². The SMILES string of the molecule is Nc1nc2c(ncn2[C@H]2C[C@@]3(O)C[C@@H]4C[C@]4(OP(=O)(O)O)[C@H]3O2)c(=O)[nH]1. The molecule has 140 valence electrons. The number of imidazole rings is 1. The van der Waals surface area contributed by atoms with Crippen LogP contribution in [0.3, 0.4) is 0 Å². The van der Waals surface area contributed by atoms with Crippen molar-refractivity contribution >= 4 is 24.9 Å². The number of fused-ring (bicyclic) bond motifs is 4. The molecule has 3 aliphatic rings. The molecule has 0 amide bonds. The third-order valence-corrected chi connectivity index (χ3v) is 6.08. The molecular weight excluding hydrogens is 369 g/mol. The van der Waals surface area contributed by atoms with Crippen LogP contribution in [0.4, 0.5) is 5.95 Å². The molecule has 0 spiro atoms. The molecule has 0 aromatic carbocycles. The van der Waals surface area contributed by atoms with Crippen LogP contribution in [0.1, 0.15) is 25.5 Å². The molecule has 13 heteroatoms. The number of phosphoric acid groups is 1. The number of nitrogens with two attached hydrogens (primary N) is 1. The van der Waals surface area contributed by atoms with Gasteiger partial charge in [-0.1, -0.05) is 0 Å². The molecule has 2 aliphatic carbocycles. The maximum absolute atomic E-state index is 11.9. The van der Waals surface area contributed by atoms with Crippen LogP contribution in [0, 0.1) is 5.92 Å². The summed E-state index contributed by atoms with van der Waals surface area (Å²) in [6.45, 7) is 0. The Labute approximate surface area is 145 Å². The van der Waals surface area contributed by atoms with Crippen molar-refractivity contribution in [3.05, 3.63) is 16.7 Å². The second-order valence-corrected chi connectivity index (χ2v) is 8.36. The molecule has 5 rings (SSSR count). The minimum atomic E-state index is -4.73. The summed E-state index contributed by atoms with van der Waals surface area (Å²) in [5, 5.41) is 10.9. The number of rotatable bonds is 3. The number of nitrogen functional groups attached to an aromatic ring is 1. The van der Waals surface area contributed by atoms with E-state index in [1.165, 1.54) is 10.9 Å². The Morgan fingerprint density at radius 2 is 2.19 bits per heavy atom. The summed E-state index contributed by atoms with van der Waals surface area (Å²) in [6.07, 6.45) is 0.629. The van der Waals surface area contributed by atoms with Gasteiger partial charge in [0.25, 0.3) is 5.56 Å². The summed E-state index contributed by atoms with van der Waals surface area (Å²) in [7, 11) is -4.73. The highest BCUT2D eigenvalue weighted by molar-refractivity contribution is 7.46. The summed E-state index contributed by atoms with van der Waals surface area (Å²) in [5.74, 6) is -0.244. The van der Waals surface area contributed by atoms with E-state index < -0.39 is 36.9 Å². The van der Waals surface area contributed by atoms with Gasteiger partial charge in [-0.3, -0.25) is 18.9 Å². The largest absolute Gasteiger partial charge is 0.470 e. The zero-order valence-electron chi connectivity index (χ0n) is 13.3. The van der Waals surface area contributed by atoms with Crippen LogP contribution >= 0.6 is 7.82 Å². The van der Waals surface area contributed by atoms with E-state index in [2.05, 4.69) is 15.0 Å². The lowest BCUT2D eigenvalue weighted by molar-refractivity contribution is -0.103. The predicted octanol–water partition coefficient (Wildman–Crippen LogP) is -1.01. The maximum atomic E-state index is 11.9. The lowest BCUT2D eigenvalue weighted by atomic mass is 9.92. The highest BCUT2D eigenvalue weighted by atomic mass is 31.2. The molecule has 5 atom stereocenters. The van der Waals surface area contributed by atoms with Gasteiger partial charge >= 0.3 is 7.82 Å². The van der Waals surface area contributed by atoms with Crippen LogP contribution in [0.25, 0.3) is 11.2 Å². The molecule has 1 aliphatic heterocycles. The second kappa shape index (κ2) is 4.71. The Balaban J connectivity index is 1.52. The number of anilines is 1. The molecule has 2 saturated carbocycles. The van der Waals surface area contributed by atoms with Crippen molar-refractivity contribution < 1.29 is 28.7 Å². The topological polar surface area (TPSA) is 186 Å². The molecule has 26 heavy (non-hydrogen) atoms. The minimum Gasteiger partial charge on any atom is -0.387 e. The number of hydrogen-bond acceptors (Lipinski definition) is 8.